The molecule has 0 aliphatic heterocycles. The predicted molar refractivity (Wildman–Crippen MR) is 60.2 cm³/mol. The van der Waals surface area contributed by atoms with E-state index in [0.29, 0.717) is 30.2 Å². The average Bonchev–Trinajstić information content (AvgIpc) is 2.82. The number of aryl methyl sites for hydroxylation is 1. The van der Waals surface area contributed by atoms with Gasteiger partial charge in [0.2, 0.25) is 6.39 Å². The lowest BCUT2D eigenvalue weighted by Gasteiger charge is -2.07. The lowest BCUT2D eigenvalue weighted by atomic mass is 10.1. The lowest BCUT2D eigenvalue weighted by molar-refractivity contribution is 0.410. The van der Waals surface area contributed by atoms with Gasteiger partial charge in [-0.15, -0.1) is 0 Å². The number of hydrogen-bond acceptors (Lipinski definition) is 6. The Morgan fingerprint density at radius 3 is 3.06 bits per heavy atom. The summed E-state index contributed by atoms with van der Waals surface area (Å²) in [5, 5.41) is 15.8. The first-order valence-corrected chi connectivity index (χ1v) is 5.16. The molecule has 0 amide bonds. The van der Waals surface area contributed by atoms with E-state index in [0.717, 1.165) is 5.56 Å². The minimum atomic E-state index is 0.570. The predicted octanol–water partition coefficient (Wildman–Crippen LogP) is 1.30. The molecular formula is C11H11N5O. The Morgan fingerprint density at radius 2 is 2.35 bits per heavy atom. The maximum absolute atomic E-state index is 9.01. The molecule has 86 valence electrons. The zero-order chi connectivity index (χ0) is 12.1. The van der Waals surface area contributed by atoms with E-state index in [2.05, 4.69) is 31.0 Å². The van der Waals surface area contributed by atoms with E-state index < -0.39 is 0 Å². The van der Waals surface area contributed by atoms with Crippen molar-refractivity contribution in [3.63, 3.8) is 0 Å². The van der Waals surface area contributed by atoms with Gasteiger partial charge in [-0.2, -0.15) is 10.2 Å². The summed E-state index contributed by atoms with van der Waals surface area (Å²) in [7, 11) is 0. The van der Waals surface area contributed by atoms with Crippen LogP contribution in [0.5, 0.6) is 0 Å². The second-order valence-electron chi connectivity index (χ2n) is 3.49. The number of pyridine rings is 1. The first-order chi connectivity index (χ1) is 8.31. The van der Waals surface area contributed by atoms with E-state index in [1.54, 1.807) is 6.20 Å². The number of anilines is 1. The number of nitrogens with zero attached hydrogens (tertiary/aromatic N) is 4. The van der Waals surface area contributed by atoms with Crippen LogP contribution in [0.1, 0.15) is 17.0 Å². The Labute approximate surface area is 98.3 Å². The van der Waals surface area contributed by atoms with Gasteiger partial charge in [0.15, 0.2) is 5.82 Å². The van der Waals surface area contributed by atoms with E-state index in [-0.39, 0.29) is 0 Å². The Morgan fingerprint density at radius 1 is 1.47 bits per heavy atom. The van der Waals surface area contributed by atoms with Gasteiger partial charge in [-0.25, -0.2) is 4.98 Å². The zero-order valence-electron chi connectivity index (χ0n) is 9.34. The summed E-state index contributed by atoms with van der Waals surface area (Å²) in [5.41, 5.74) is 1.48. The van der Waals surface area contributed by atoms with Crippen molar-refractivity contribution in [2.24, 2.45) is 0 Å². The fraction of sp³-hybridized carbons (Fsp3) is 0.273. The minimum Gasteiger partial charge on any atom is -0.369 e. The van der Waals surface area contributed by atoms with E-state index in [1.807, 2.05) is 13.0 Å². The van der Waals surface area contributed by atoms with E-state index in [1.165, 1.54) is 6.39 Å². The number of nitriles is 1. The summed E-state index contributed by atoms with van der Waals surface area (Å²) >= 11 is 0. The second-order valence-corrected chi connectivity index (χ2v) is 3.49. The number of aromatic nitrogens is 3. The average molecular weight is 229 g/mol. The van der Waals surface area contributed by atoms with Crippen molar-refractivity contribution in [1.29, 1.82) is 5.26 Å². The van der Waals surface area contributed by atoms with Crippen LogP contribution in [0, 0.1) is 18.3 Å². The molecule has 0 aromatic carbocycles. The zero-order valence-corrected chi connectivity index (χ0v) is 9.34. The topological polar surface area (TPSA) is 87.6 Å². The summed E-state index contributed by atoms with van der Waals surface area (Å²) in [6.45, 7) is 2.48. The lowest BCUT2D eigenvalue weighted by Crippen LogP contribution is -2.09. The third kappa shape index (κ3) is 2.58. The Bertz CT molecular complexity index is 529. The highest BCUT2D eigenvalue weighted by molar-refractivity contribution is 5.55. The van der Waals surface area contributed by atoms with Gasteiger partial charge in [0.25, 0.3) is 0 Å². The summed E-state index contributed by atoms with van der Waals surface area (Å²) < 4.78 is 4.62. The second kappa shape index (κ2) is 5.07. The van der Waals surface area contributed by atoms with Crippen molar-refractivity contribution in [3.8, 4) is 6.07 Å². The molecular weight excluding hydrogens is 218 g/mol. The summed E-state index contributed by atoms with van der Waals surface area (Å²) in [6, 6.07) is 3.94. The van der Waals surface area contributed by atoms with Crippen LogP contribution in [0.4, 0.5) is 5.82 Å². The first-order valence-electron chi connectivity index (χ1n) is 5.16. The normalized spacial score (nSPS) is 9.88. The Balaban J connectivity index is 2.00. The maximum atomic E-state index is 9.01. The van der Waals surface area contributed by atoms with E-state index in [4.69, 9.17) is 5.26 Å². The third-order valence-electron chi connectivity index (χ3n) is 2.32. The van der Waals surface area contributed by atoms with Crippen molar-refractivity contribution in [1.82, 2.24) is 15.1 Å². The van der Waals surface area contributed by atoms with Crippen LogP contribution in [0.15, 0.2) is 23.2 Å². The molecule has 0 aliphatic rings. The largest absolute Gasteiger partial charge is 0.369 e. The van der Waals surface area contributed by atoms with Crippen molar-refractivity contribution in [2.75, 3.05) is 11.9 Å². The molecule has 2 rings (SSSR count). The van der Waals surface area contributed by atoms with Crippen LogP contribution < -0.4 is 5.32 Å². The third-order valence-corrected chi connectivity index (χ3v) is 2.32. The van der Waals surface area contributed by atoms with Crippen LogP contribution in [-0.2, 0) is 6.42 Å². The molecule has 6 heteroatoms. The van der Waals surface area contributed by atoms with Crippen molar-refractivity contribution < 1.29 is 4.52 Å². The quantitative estimate of drug-likeness (QED) is 0.850. The molecule has 2 aromatic rings. The van der Waals surface area contributed by atoms with Gasteiger partial charge in [-0.3, -0.25) is 0 Å². The smallest absolute Gasteiger partial charge is 0.213 e. The highest BCUT2D eigenvalue weighted by atomic mass is 16.5. The van der Waals surface area contributed by atoms with Gasteiger partial charge in [-0.1, -0.05) is 5.16 Å². The summed E-state index contributed by atoms with van der Waals surface area (Å²) in [6.07, 6.45) is 3.59. The van der Waals surface area contributed by atoms with Crippen LogP contribution in [-0.4, -0.2) is 21.7 Å². The van der Waals surface area contributed by atoms with E-state index in [9.17, 15) is 0 Å². The Hall–Kier alpha value is -2.42. The van der Waals surface area contributed by atoms with Crippen LogP contribution in [0.25, 0.3) is 0 Å². The molecule has 0 bridgehead atoms. The van der Waals surface area contributed by atoms with Gasteiger partial charge < -0.3 is 9.84 Å². The highest BCUT2D eigenvalue weighted by Crippen LogP contribution is 2.14. The van der Waals surface area contributed by atoms with Crippen molar-refractivity contribution >= 4 is 5.82 Å². The molecule has 2 heterocycles. The summed E-state index contributed by atoms with van der Waals surface area (Å²) in [5.74, 6) is 1.22. The molecule has 6 nitrogen and oxygen atoms in total. The van der Waals surface area contributed by atoms with Crippen molar-refractivity contribution in [2.45, 2.75) is 13.3 Å². The molecule has 0 spiro atoms. The van der Waals surface area contributed by atoms with Gasteiger partial charge in [0.1, 0.15) is 11.9 Å². The van der Waals surface area contributed by atoms with Crippen LogP contribution in [0.3, 0.4) is 0 Å². The van der Waals surface area contributed by atoms with E-state index >= 15 is 0 Å². The number of nitrogens with one attached hydrogen (secondary N) is 1. The molecule has 2 aromatic heterocycles. The molecule has 0 saturated carbocycles. The van der Waals surface area contributed by atoms with Gasteiger partial charge in [0, 0.05) is 19.2 Å². The summed E-state index contributed by atoms with van der Waals surface area (Å²) in [4.78, 5) is 8.04. The highest BCUT2D eigenvalue weighted by Gasteiger charge is 2.06. The molecule has 0 fully saturated rings. The molecule has 0 saturated heterocycles. The van der Waals surface area contributed by atoms with Gasteiger partial charge >= 0.3 is 0 Å². The molecule has 17 heavy (non-hydrogen) atoms. The van der Waals surface area contributed by atoms with Gasteiger partial charge in [-0.05, 0) is 18.6 Å². The van der Waals surface area contributed by atoms with Gasteiger partial charge in [0.05, 0.1) is 5.56 Å². The maximum Gasteiger partial charge on any atom is 0.213 e. The molecule has 0 aliphatic carbocycles. The first kappa shape index (κ1) is 11.1. The number of hydrogen-bond donors (Lipinski definition) is 1. The molecule has 0 radical (unpaired) electrons. The van der Waals surface area contributed by atoms with Crippen molar-refractivity contribution in [3.05, 3.63) is 35.6 Å². The van der Waals surface area contributed by atoms with Crippen LogP contribution >= 0.6 is 0 Å². The molecule has 0 unspecified atom stereocenters. The Kier molecular flexibility index (Phi) is 3.31. The SMILES string of the molecule is Cc1ccnc(NCCc2ncon2)c1C#N. The molecule has 1 N–H and O–H groups in total. The van der Waals surface area contributed by atoms with Crippen LogP contribution in [0.2, 0.25) is 0 Å². The molecule has 0 atom stereocenters. The standard InChI is InChI=1S/C11H11N5O/c1-8-2-4-13-11(9(8)6-12)14-5-3-10-15-7-17-16-10/h2,4,7H,3,5H2,1H3,(H,13,14). The fourth-order valence-electron chi connectivity index (χ4n) is 1.43. The monoisotopic (exact) mass is 229 g/mol. The fourth-order valence-corrected chi connectivity index (χ4v) is 1.43. The number of rotatable bonds is 4. The minimum absolute atomic E-state index is 0.570.